The molecule has 0 aromatic heterocycles. The molecule has 1 aromatic carbocycles. The van der Waals surface area contributed by atoms with E-state index in [0.29, 0.717) is 6.61 Å². The highest BCUT2D eigenvalue weighted by Gasteiger charge is 2.18. The molecule has 94 valence electrons. The highest BCUT2D eigenvalue weighted by molar-refractivity contribution is 5.71. The number of hydrogen-bond acceptors (Lipinski definition) is 3. The first-order chi connectivity index (χ1) is 7.95. The molecule has 1 rings (SSSR count). The summed E-state index contributed by atoms with van der Waals surface area (Å²) in [6.07, 6.45) is 0. The number of carbonyl (C=O) groups is 1. The highest BCUT2D eigenvalue weighted by Crippen LogP contribution is 2.30. The maximum Gasteiger partial charge on any atom is 0.344 e. The third-order valence-corrected chi connectivity index (χ3v) is 2.35. The van der Waals surface area contributed by atoms with E-state index in [9.17, 15) is 4.79 Å². The summed E-state index contributed by atoms with van der Waals surface area (Å²) in [4.78, 5) is 11.2. The van der Waals surface area contributed by atoms with Crippen molar-refractivity contribution in [3.63, 3.8) is 0 Å². The van der Waals surface area contributed by atoms with Crippen LogP contribution >= 0.6 is 0 Å². The molecule has 1 aromatic rings. The van der Waals surface area contributed by atoms with E-state index in [1.807, 2.05) is 24.3 Å². The summed E-state index contributed by atoms with van der Waals surface area (Å²) in [6.45, 7) is 8.45. The number of carbonyl (C=O) groups excluding carboxylic acids is 1. The fourth-order valence-electron chi connectivity index (χ4n) is 1.55. The molecule has 0 N–H and O–H groups in total. The van der Waals surface area contributed by atoms with Gasteiger partial charge in [0.2, 0.25) is 0 Å². The first-order valence-corrected chi connectivity index (χ1v) is 5.83. The molecule has 0 spiro atoms. The van der Waals surface area contributed by atoms with Gasteiger partial charge in [0.1, 0.15) is 5.75 Å². The number of hydrogen-bond donors (Lipinski definition) is 0. The second-order valence-electron chi connectivity index (χ2n) is 4.84. The molecule has 0 aliphatic carbocycles. The zero-order valence-corrected chi connectivity index (χ0v) is 10.9. The van der Waals surface area contributed by atoms with Crippen LogP contribution in [0.4, 0.5) is 0 Å². The number of benzene rings is 1. The highest BCUT2D eigenvalue weighted by atomic mass is 16.6. The molecule has 3 heteroatoms. The second-order valence-corrected chi connectivity index (χ2v) is 4.84. The van der Waals surface area contributed by atoms with Gasteiger partial charge in [0.05, 0.1) is 6.61 Å². The zero-order chi connectivity index (χ0) is 12.9. The number of para-hydroxylation sites is 1. The minimum atomic E-state index is -0.337. The van der Waals surface area contributed by atoms with Gasteiger partial charge in [0, 0.05) is 0 Å². The van der Waals surface area contributed by atoms with E-state index in [4.69, 9.17) is 9.47 Å². The van der Waals surface area contributed by atoms with Gasteiger partial charge in [-0.1, -0.05) is 39.0 Å². The molecule has 3 nitrogen and oxygen atoms in total. The Hall–Kier alpha value is -1.51. The minimum Gasteiger partial charge on any atom is -0.482 e. The second kappa shape index (κ2) is 5.71. The lowest BCUT2D eigenvalue weighted by molar-refractivity contribution is -0.145. The molecule has 0 bridgehead atoms. The summed E-state index contributed by atoms with van der Waals surface area (Å²) in [7, 11) is 0. The van der Waals surface area contributed by atoms with Gasteiger partial charge in [-0.2, -0.15) is 0 Å². The molecule has 0 saturated carbocycles. The van der Waals surface area contributed by atoms with Crippen molar-refractivity contribution >= 4 is 5.97 Å². The fourth-order valence-corrected chi connectivity index (χ4v) is 1.55. The van der Waals surface area contributed by atoms with Crippen LogP contribution in [0, 0.1) is 0 Å². The van der Waals surface area contributed by atoms with E-state index in [0.717, 1.165) is 11.3 Å². The van der Waals surface area contributed by atoms with Crippen molar-refractivity contribution in [2.24, 2.45) is 0 Å². The van der Waals surface area contributed by atoms with Crippen molar-refractivity contribution in [3.05, 3.63) is 29.8 Å². The molecule has 0 aliphatic heterocycles. The van der Waals surface area contributed by atoms with Gasteiger partial charge in [-0.25, -0.2) is 4.79 Å². The minimum absolute atomic E-state index is 0.00868. The molecule has 0 heterocycles. The van der Waals surface area contributed by atoms with Crippen molar-refractivity contribution < 1.29 is 14.3 Å². The van der Waals surface area contributed by atoms with Crippen molar-refractivity contribution in [2.75, 3.05) is 13.2 Å². The molecule has 0 unspecified atom stereocenters. The Morgan fingerprint density at radius 3 is 2.47 bits per heavy atom. The van der Waals surface area contributed by atoms with Gasteiger partial charge in [-0.15, -0.1) is 0 Å². The quantitative estimate of drug-likeness (QED) is 0.754. The van der Waals surface area contributed by atoms with Crippen LogP contribution in [0.1, 0.15) is 33.3 Å². The molecule has 0 saturated heterocycles. The first-order valence-electron chi connectivity index (χ1n) is 5.83. The predicted molar refractivity (Wildman–Crippen MR) is 67.3 cm³/mol. The van der Waals surface area contributed by atoms with Gasteiger partial charge in [0.25, 0.3) is 0 Å². The summed E-state index contributed by atoms with van der Waals surface area (Å²) >= 11 is 0. The lowest BCUT2D eigenvalue weighted by Gasteiger charge is -2.22. The van der Waals surface area contributed by atoms with E-state index < -0.39 is 0 Å². The van der Waals surface area contributed by atoms with Crippen LogP contribution in [-0.4, -0.2) is 19.2 Å². The lowest BCUT2D eigenvalue weighted by atomic mass is 9.86. The molecule has 0 fully saturated rings. The summed E-state index contributed by atoms with van der Waals surface area (Å²) < 4.78 is 10.3. The van der Waals surface area contributed by atoms with E-state index in [1.165, 1.54) is 0 Å². The summed E-state index contributed by atoms with van der Waals surface area (Å²) in [6, 6.07) is 7.76. The third kappa shape index (κ3) is 4.10. The van der Waals surface area contributed by atoms with E-state index in [-0.39, 0.29) is 18.0 Å². The van der Waals surface area contributed by atoms with Crippen molar-refractivity contribution in [2.45, 2.75) is 33.1 Å². The molecular weight excluding hydrogens is 216 g/mol. The topological polar surface area (TPSA) is 35.5 Å². The average Bonchev–Trinajstić information content (AvgIpc) is 2.26. The SMILES string of the molecule is CCOC(=O)COc1ccccc1C(C)(C)C. The van der Waals surface area contributed by atoms with Crippen LogP contribution in [0.15, 0.2) is 24.3 Å². The van der Waals surface area contributed by atoms with Crippen LogP contribution in [0.3, 0.4) is 0 Å². The summed E-state index contributed by atoms with van der Waals surface area (Å²) in [5, 5.41) is 0. The largest absolute Gasteiger partial charge is 0.482 e. The number of esters is 1. The Bertz CT molecular complexity index is 377. The van der Waals surface area contributed by atoms with E-state index in [1.54, 1.807) is 6.92 Å². The molecule has 0 amide bonds. The Labute approximate surface area is 103 Å². The van der Waals surface area contributed by atoms with Crippen LogP contribution in [0.25, 0.3) is 0 Å². The maximum atomic E-state index is 11.2. The van der Waals surface area contributed by atoms with Crippen LogP contribution in [-0.2, 0) is 14.9 Å². The van der Waals surface area contributed by atoms with Gasteiger partial charge < -0.3 is 9.47 Å². The molecule has 17 heavy (non-hydrogen) atoms. The lowest BCUT2D eigenvalue weighted by Crippen LogP contribution is -2.18. The van der Waals surface area contributed by atoms with Crippen molar-refractivity contribution in [3.8, 4) is 5.75 Å². The molecular formula is C14H20O3. The van der Waals surface area contributed by atoms with Gasteiger partial charge >= 0.3 is 5.97 Å². The Morgan fingerprint density at radius 1 is 1.24 bits per heavy atom. The fraction of sp³-hybridized carbons (Fsp3) is 0.500. The molecule has 0 atom stereocenters. The van der Waals surface area contributed by atoms with E-state index in [2.05, 4.69) is 20.8 Å². The normalized spacial score (nSPS) is 11.1. The van der Waals surface area contributed by atoms with Gasteiger partial charge in [0.15, 0.2) is 6.61 Å². The van der Waals surface area contributed by atoms with Gasteiger partial charge in [-0.3, -0.25) is 0 Å². The Kier molecular flexibility index (Phi) is 4.55. The average molecular weight is 236 g/mol. The van der Waals surface area contributed by atoms with Crippen LogP contribution < -0.4 is 4.74 Å². The standard InChI is InChI=1S/C14H20O3/c1-5-16-13(15)10-17-12-9-7-6-8-11(12)14(2,3)4/h6-9H,5,10H2,1-4H3. The smallest absolute Gasteiger partial charge is 0.344 e. The monoisotopic (exact) mass is 236 g/mol. The molecule has 0 radical (unpaired) electrons. The number of ether oxygens (including phenoxy) is 2. The van der Waals surface area contributed by atoms with Crippen LogP contribution in [0.2, 0.25) is 0 Å². The van der Waals surface area contributed by atoms with Crippen molar-refractivity contribution in [1.82, 2.24) is 0 Å². The molecule has 0 aliphatic rings. The summed E-state index contributed by atoms with van der Waals surface area (Å²) in [5.74, 6) is 0.407. The maximum absolute atomic E-state index is 11.2. The third-order valence-electron chi connectivity index (χ3n) is 2.35. The Morgan fingerprint density at radius 2 is 1.88 bits per heavy atom. The first kappa shape index (κ1) is 13.6. The van der Waals surface area contributed by atoms with Crippen molar-refractivity contribution in [1.29, 1.82) is 0 Å². The van der Waals surface area contributed by atoms with E-state index >= 15 is 0 Å². The zero-order valence-electron chi connectivity index (χ0n) is 10.9. The Balaban J connectivity index is 2.74. The van der Waals surface area contributed by atoms with Gasteiger partial charge in [-0.05, 0) is 24.0 Å². The van der Waals surface area contributed by atoms with Crippen LogP contribution in [0.5, 0.6) is 5.75 Å². The number of rotatable bonds is 4. The summed E-state index contributed by atoms with van der Waals surface area (Å²) in [5.41, 5.74) is 1.08. The predicted octanol–water partition coefficient (Wildman–Crippen LogP) is 2.93.